The molecular weight excluding hydrogens is 285 g/mol. The highest BCUT2D eigenvalue weighted by atomic mass is 19.4. The van der Waals surface area contributed by atoms with Gasteiger partial charge in [0, 0.05) is 13.2 Å². The lowest BCUT2D eigenvalue weighted by Gasteiger charge is -2.10. The Balaban J connectivity index is 2.49. The third kappa shape index (κ3) is 2.86. The summed E-state index contributed by atoms with van der Waals surface area (Å²) in [6.45, 7) is 0. The molecule has 108 valence electrons. The Bertz CT molecular complexity index is 728. The molecule has 8 heteroatoms. The Hall–Kier alpha value is -2.82. The molecule has 2 aromatic rings. The molecule has 21 heavy (non-hydrogen) atoms. The summed E-state index contributed by atoms with van der Waals surface area (Å²) in [6, 6.07) is 6.09. The van der Waals surface area contributed by atoms with Crippen LogP contribution in [0.4, 0.5) is 13.2 Å². The van der Waals surface area contributed by atoms with Crippen LogP contribution in [0.2, 0.25) is 0 Å². The van der Waals surface area contributed by atoms with Crippen molar-refractivity contribution in [2.75, 3.05) is 7.05 Å². The summed E-state index contributed by atoms with van der Waals surface area (Å²) in [7, 11) is 1.42. The van der Waals surface area contributed by atoms with E-state index >= 15 is 0 Å². The smallest absolute Gasteiger partial charge is 0.354 e. The average Bonchev–Trinajstić information content (AvgIpc) is 2.94. The van der Waals surface area contributed by atoms with Crippen molar-refractivity contribution in [3.8, 4) is 11.8 Å². The first kappa shape index (κ1) is 14.6. The minimum absolute atomic E-state index is 0.0791. The first-order valence-electron chi connectivity index (χ1n) is 5.76. The fraction of sp³-hybridized carbons (Fsp3) is 0.154. The lowest BCUT2D eigenvalue weighted by molar-refractivity contribution is -0.137. The Kier molecular flexibility index (Phi) is 3.67. The van der Waals surface area contributed by atoms with Gasteiger partial charge in [-0.3, -0.25) is 4.79 Å². The molecular formula is C13H9F3N4O. The van der Waals surface area contributed by atoms with Crippen LogP contribution in [0.25, 0.3) is 5.69 Å². The van der Waals surface area contributed by atoms with E-state index in [-0.39, 0.29) is 11.4 Å². The number of alkyl halides is 3. The number of benzene rings is 1. The van der Waals surface area contributed by atoms with E-state index in [9.17, 15) is 18.0 Å². The van der Waals surface area contributed by atoms with Gasteiger partial charge in [0.05, 0.1) is 22.9 Å². The molecule has 0 unspecified atom stereocenters. The lowest BCUT2D eigenvalue weighted by atomic mass is 10.1. The van der Waals surface area contributed by atoms with Crippen LogP contribution in [-0.2, 0) is 6.18 Å². The number of hydrogen-bond donors (Lipinski definition) is 1. The molecule has 0 aliphatic heterocycles. The molecule has 0 aliphatic rings. The molecule has 0 bridgehead atoms. The van der Waals surface area contributed by atoms with Gasteiger partial charge in [0.15, 0.2) is 5.69 Å². The summed E-state index contributed by atoms with van der Waals surface area (Å²) in [5, 5.41) is 15.0. The summed E-state index contributed by atoms with van der Waals surface area (Å²) in [5.74, 6) is -0.446. The number of halogens is 3. The van der Waals surface area contributed by atoms with Gasteiger partial charge in [0.25, 0.3) is 5.91 Å². The first-order valence-corrected chi connectivity index (χ1v) is 5.76. The highest BCUT2D eigenvalue weighted by molar-refractivity contribution is 5.91. The zero-order valence-electron chi connectivity index (χ0n) is 10.8. The quantitative estimate of drug-likeness (QED) is 0.922. The van der Waals surface area contributed by atoms with E-state index in [1.54, 1.807) is 0 Å². The van der Waals surface area contributed by atoms with E-state index in [1.807, 2.05) is 0 Å². The van der Waals surface area contributed by atoms with Gasteiger partial charge in [0.2, 0.25) is 0 Å². The molecule has 0 aliphatic carbocycles. The monoisotopic (exact) mass is 294 g/mol. The van der Waals surface area contributed by atoms with Gasteiger partial charge >= 0.3 is 6.18 Å². The normalized spacial score (nSPS) is 11.0. The van der Waals surface area contributed by atoms with Crippen LogP contribution in [0.5, 0.6) is 0 Å². The van der Waals surface area contributed by atoms with Crippen molar-refractivity contribution in [3.05, 3.63) is 47.3 Å². The lowest BCUT2D eigenvalue weighted by Crippen LogP contribution is -2.18. The van der Waals surface area contributed by atoms with Crippen molar-refractivity contribution in [3.63, 3.8) is 0 Å². The molecule has 1 amide bonds. The molecule has 0 saturated carbocycles. The van der Waals surface area contributed by atoms with Crippen molar-refractivity contribution in [1.29, 1.82) is 5.26 Å². The van der Waals surface area contributed by atoms with E-state index in [1.165, 1.54) is 31.4 Å². The standard InChI is InChI=1S/C13H9F3N4O/c1-18-12(21)11-4-5-20(19-11)9-3-2-8(7-17)10(6-9)13(14,15)16/h2-6H,1H3,(H,18,21). The Morgan fingerprint density at radius 3 is 2.67 bits per heavy atom. The molecule has 0 saturated heterocycles. The summed E-state index contributed by atoms with van der Waals surface area (Å²) < 4.78 is 39.8. The number of carbonyl (C=O) groups excluding carboxylic acids is 1. The van der Waals surface area contributed by atoms with Crippen LogP contribution >= 0.6 is 0 Å². The molecule has 0 fully saturated rings. The highest BCUT2D eigenvalue weighted by Gasteiger charge is 2.34. The number of nitrogens with zero attached hydrogens (tertiary/aromatic N) is 3. The number of carbonyl (C=O) groups is 1. The summed E-state index contributed by atoms with van der Waals surface area (Å²) in [6.07, 6.45) is -3.27. The van der Waals surface area contributed by atoms with Crippen LogP contribution < -0.4 is 5.32 Å². The SMILES string of the molecule is CNC(=O)c1ccn(-c2ccc(C#N)c(C(F)(F)F)c2)n1. The largest absolute Gasteiger partial charge is 0.417 e. The second kappa shape index (κ2) is 5.28. The van der Waals surface area contributed by atoms with Crippen molar-refractivity contribution < 1.29 is 18.0 Å². The molecule has 5 nitrogen and oxygen atoms in total. The average molecular weight is 294 g/mol. The number of hydrogen-bond acceptors (Lipinski definition) is 3. The number of nitriles is 1. The van der Waals surface area contributed by atoms with Crippen LogP contribution in [0, 0.1) is 11.3 Å². The molecule has 0 spiro atoms. The Morgan fingerprint density at radius 1 is 1.38 bits per heavy atom. The van der Waals surface area contributed by atoms with Crippen molar-refractivity contribution >= 4 is 5.91 Å². The van der Waals surface area contributed by atoms with Crippen LogP contribution in [0.1, 0.15) is 21.6 Å². The van der Waals surface area contributed by atoms with Gasteiger partial charge in [-0.15, -0.1) is 0 Å². The molecule has 1 heterocycles. The Labute approximate surface area is 117 Å². The maximum Gasteiger partial charge on any atom is 0.417 e. The summed E-state index contributed by atoms with van der Waals surface area (Å²) in [4.78, 5) is 11.4. The fourth-order valence-electron chi connectivity index (χ4n) is 1.72. The molecule has 1 aromatic heterocycles. The Morgan fingerprint density at radius 2 is 2.10 bits per heavy atom. The maximum atomic E-state index is 12.9. The van der Waals surface area contributed by atoms with Crippen molar-refractivity contribution in [1.82, 2.24) is 15.1 Å². The number of amides is 1. The third-order valence-electron chi connectivity index (χ3n) is 2.74. The van der Waals surface area contributed by atoms with Gasteiger partial charge in [-0.2, -0.15) is 23.5 Å². The molecule has 2 rings (SSSR count). The summed E-state index contributed by atoms with van der Waals surface area (Å²) >= 11 is 0. The maximum absolute atomic E-state index is 12.9. The van der Waals surface area contributed by atoms with Crippen LogP contribution in [0.15, 0.2) is 30.5 Å². The molecule has 1 N–H and O–H groups in total. The number of aromatic nitrogens is 2. The van der Waals surface area contributed by atoms with Crippen molar-refractivity contribution in [2.24, 2.45) is 0 Å². The van der Waals surface area contributed by atoms with E-state index in [0.717, 1.165) is 16.8 Å². The molecule has 0 radical (unpaired) electrons. The first-order chi connectivity index (χ1) is 9.86. The van der Waals surface area contributed by atoms with E-state index in [0.29, 0.717) is 0 Å². The number of rotatable bonds is 2. The second-order valence-electron chi connectivity index (χ2n) is 4.06. The second-order valence-corrected chi connectivity index (χ2v) is 4.06. The van der Waals surface area contributed by atoms with Gasteiger partial charge in [0.1, 0.15) is 0 Å². The fourth-order valence-corrected chi connectivity index (χ4v) is 1.72. The van der Waals surface area contributed by atoms with Gasteiger partial charge < -0.3 is 5.32 Å². The summed E-state index contributed by atoms with van der Waals surface area (Å²) in [5.41, 5.74) is -1.32. The van der Waals surface area contributed by atoms with E-state index in [4.69, 9.17) is 5.26 Å². The van der Waals surface area contributed by atoms with Crippen molar-refractivity contribution in [2.45, 2.75) is 6.18 Å². The highest BCUT2D eigenvalue weighted by Crippen LogP contribution is 2.33. The van der Waals surface area contributed by atoms with Crippen LogP contribution in [0.3, 0.4) is 0 Å². The van der Waals surface area contributed by atoms with Gasteiger partial charge in [-0.1, -0.05) is 0 Å². The van der Waals surface area contributed by atoms with E-state index < -0.39 is 23.2 Å². The molecule has 0 atom stereocenters. The zero-order valence-corrected chi connectivity index (χ0v) is 10.8. The van der Waals surface area contributed by atoms with Crippen LogP contribution in [-0.4, -0.2) is 22.7 Å². The molecule has 1 aromatic carbocycles. The van der Waals surface area contributed by atoms with Gasteiger partial charge in [-0.25, -0.2) is 4.68 Å². The number of nitrogens with one attached hydrogen (secondary N) is 1. The predicted octanol–water partition coefficient (Wildman–Crippen LogP) is 2.12. The zero-order chi connectivity index (χ0) is 15.6. The third-order valence-corrected chi connectivity index (χ3v) is 2.74. The van der Waals surface area contributed by atoms with E-state index in [2.05, 4.69) is 10.4 Å². The minimum Gasteiger partial charge on any atom is -0.354 e. The van der Waals surface area contributed by atoms with Gasteiger partial charge in [-0.05, 0) is 24.3 Å². The predicted molar refractivity (Wildman–Crippen MR) is 66.7 cm³/mol. The minimum atomic E-state index is -4.64. The topological polar surface area (TPSA) is 70.7 Å².